The third-order valence-corrected chi connectivity index (χ3v) is 9.32. The van der Waals surface area contributed by atoms with Crippen LogP contribution in [0.25, 0.3) is 0 Å². The van der Waals surface area contributed by atoms with Gasteiger partial charge in [-0.2, -0.15) is 0 Å². The molecule has 0 aliphatic carbocycles. The molecule has 0 spiro atoms. The van der Waals surface area contributed by atoms with Gasteiger partial charge < -0.3 is 33.7 Å². The summed E-state index contributed by atoms with van der Waals surface area (Å²) in [7, 11) is 1.41. The smallest absolute Gasteiger partial charge is 0.412 e. The lowest BCUT2D eigenvalue weighted by molar-refractivity contribution is -0.154. The lowest BCUT2D eigenvalue weighted by Gasteiger charge is -2.26. The molecule has 4 aromatic carbocycles. The first-order chi connectivity index (χ1) is 29.4. The van der Waals surface area contributed by atoms with Gasteiger partial charge in [-0.3, -0.25) is 24.5 Å². The second-order valence-electron chi connectivity index (χ2n) is 16.7. The molecule has 0 radical (unpaired) electrons. The first-order valence-electron chi connectivity index (χ1n) is 20.4. The van der Waals surface area contributed by atoms with E-state index in [9.17, 15) is 28.8 Å². The third-order valence-electron chi connectivity index (χ3n) is 9.32. The van der Waals surface area contributed by atoms with E-state index in [1.165, 1.54) is 25.2 Å². The Balaban J connectivity index is 1.64. The van der Waals surface area contributed by atoms with Crippen LogP contribution >= 0.6 is 0 Å². The van der Waals surface area contributed by atoms with Crippen LogP contribution in [0.4, 0.5) is 10.5 Å². The van der Waals surface area contributed by atoms with E-state index in [1.54, 1.807) is 96.1 Å². The van der Waals surface area contributed by atoms with Gasteiger partial charge in [-0.15, -0.1) is 0 Å². The average molecular weight is 851 g/mol. The molecule has 2 amide bonds. The van der Waals surface area contributed by atoms with E-state index < -0.39 is 59.4 Å². The highest BCUT2D eigenvalue weighted by Crippen LogP contribution is 2.44. The van der Waals surface area contributed by atoms with Crippen LogP contribution in [0.1, 0.15) is 115 Å². The summed E-state index contributed by atoms with van der Waals surface area (Å²) in [5, 5.41) is 5.30. The zero-order valence-electron chi connectivity index (χ0n) is 36.2. The molecule has 1 aliphatic heterocycles. The van der Waals surface area contributed by atoms with E-state index in [0.29, 0.717) is 35.2 Å². The summed E-state index contributed by atoms with van der Waals surface area (Å²) in [5.74, 6) is -5.59. The summed E-state index contributed by atoms with van der Waals surface area (Å²) in [4.78, 5) is 81.9. The Morgan fingerprint density at radius 2 is 1.39 bits per heavy atom. The molecule has 0 aromatic heterocycles. The second kappa shape index (κ2) is 20.7. The molecule has 0 saturated heterocycles. The molecule has 0 fully saturated rings. The molecule has 328 valence electrons. The van der Waals surface area contributed by atoms with E-state index in [4.69, 9.17) is 28.4 Å². The van der Waals surface area contributed by atoms with E-state index in [-0.39, 0.29) is 66.4 Å². The Hall–Kier alpha value is -6.70. The van der Waals surface area contributed by atoms with Gasteiger partial charge in [0.1, 0.15) is 24.4 Å². The molecule has 1 heterocycles. The topological polar surface area (TPSA) is 182 Å². The number of carbonyl (C=O) groups is 6. The predicted octanol–water partition coefficient (Wildman–Crippen LogP) is 8.17. The fourth-order valence-corrected chi connectivity index (χ4v) is 6.61. The minimum Gasteiger partial charge on any atom is -0.489 e. The molecule has 5 rings (SSSR count). The number of hydrogen-bond donors (Lipinski definition) is 2. The van der Waals surface area contributed by atoms with Crippen molar-refractivity contribution in [2.24, 2.45) is 0 Å². The van der Waals surface area contributed by atoms with E-state index >= 15 is 0 Å². The van der Waals surface area contributed by atoms with Crippen molar-refractivity contribution in [3.8, 4) is 11.5 Å². The first kappa shape index (κ1) is 46.4. The molecule has 0 unspecified atom stereocenters. The molecule has 1 aliphatic rings. The van der Waals surface area contributed by atoms with Crippen LogP contribution in [0.2, 0.25) is 0 Å². The van der Waals surface area contributed by atoms with Crippen molar-refractivity contribution >= 4 is 41.6 Å². The van der Waals surface area contributed by atoms with Crippen LogP contribution in [0.5, 0.6) is 11.5 Å². The normalized spacial score (nSPS) is 13.1. The number of rotatable bonds is 13. The Morgan fingerprint density at radius 1 is 0.758 bits per heavy atom. The van der Waals surface area contributed by atoms with Crippen molar-refractivity contribution in [3.63, 3.8) is 0 Å². The minimum atomic E-state index is -1.46. The van der Waals surface area contributed by atoms with E-state index in [0.717, 1.165) is 0 Å². The highest BCUT2D eigenvalue weighted by Gasteiger charge is 2.36. The van der Waals surface area contributed by atoms with E-state index in [2.05, 4.69) is 10.6 Å². The summed E-state index contributed by atoms with van der Waals surface area (Å²) < 4.78 is 35.0. The number of anilines is 1. The zero-order chi connectivity index (χ0) is 45.0. The molecule has 4 aromatic rings. The molecule has 14 nitrogen and oxygen atoms in total. The largest absolute Gasteiger partial charge is 0.489 e. The van der Waals surface area contributed by atoms with Crippen molar-refractivity contribution in [3.05, 3.63) is 124 Å². The Labute approximate surface area is 361 Å². The van der Waals surface area contributed by atoms with Crippen LogP contribution < -0.4 is 20.1 Å². The fourth-order valence-electron chi connectivity index (χ4n) is 6.61. The molecule has 0 saturated carbocycles. The summed E-state index contributed by atoms with van der Waals surface area (Å²) in [6.45, 7) is 10.2. The number of amides is 2. The quantitative estimate of drug-likeness (QED) is 0.0749. The van der Waals surface area contributed by atoms with Crippen LogP contribution in [0, 0.1) is 0 Å². The zero-order valence-corrected chi connectivity index (χ0v) is 36.2. The van der Waals surface area contributed by atoms with Crippen molar-refractivity contribution in [2.45, 2.75) is 104 Å². The number of ether oxygens (including phenoxy) is 6. The Morgan fingerprint density at radius 3 is 2.00 bits per heavy atom. The number of benzene rings is 4. The Bertz CT molecular complexity index is 2260. The number of fused-ring (bicyclic) bond motifs is 2. The predicted molar refractivity (Wildman–Crippen MR) is 229 cm³/mol. The summed E-state index contributed by atoms with van der Waals surface area (Å²) in [6.07, 6.45) is -0.852. The van der Waals surface area contributed by atoms with Crippen LogP contribution in [-0.2, 0) is 59.4 Å². The SMILES string of the molecule is CNC(=O)c1c(CCC(=O)OC(C)(C)C)cc([C@H](CC(=O)OCc2ccccc2)C(=O)OCc2ccccc2)c2c1OCCCc1cc(NC(=O)OC(C)(C)C)ccc1C(=O)O2. The van der Waals surface area contributed by atoms with Gasteiger partial charge in [0.25, 0.3) is 5.91 Å². The number of nitrogens with one attached hydrogen (secondary N) is 2. The number of carbonyl (C=O) groups excluding carboxylic acids is 6. The van der Waals surface area contributed by atoms with Gasteiger partial charge in [-0.25, -0.2) is 9.59 Å². The standard InChI is InChI=1S/C48H54N2O12/c1-47(2,3)61-38(51)23-20-33-26-36(37(44(54)59-29-31-17-12-9-13-18-31)27-39(52)58-28-30-15-10-8-11-16-30)41-42(40(33)43(53)49-7)57-24-14-19-32-25-34(21-22-35(32)45(55)60-41)50-46(56)62-48(4,5)6/h8-13,15-18,21-22,25-26,37H,14,19-20,23-24,27-29H2,1-7H3,(H,49,53)(H,50,56)/t37-/m0/s1. The van der Waals surface area contributed by atoms with E-state index in [1.807, 2.05) is 12.1 Å². The molecule has 0 bridgehead atoms. The lowest BCUT2D eigenvalue weighted by Crippen LogP contribution is -2.27. The van der Waals surface area contributed by atoms with Gasteiger partial charge in [0.2, 0.25) is 0 Å². The summed E-state index contributed by atoms with van der Waals surface area (Å²) in [6, 6.07) is 24.0. The maximum Gasteiger partial charge on any atom is 0.412 e. The van der Waals surface area contributed by atoms with Crippen molar-refractivity contribution in [1.29, 1.82) is 0 Å². The maximum atomic E-state index is 14.4. The van der Waals surface area contributed by atoms with Crippen LogP contribution in [0.3, 0.4) is 0 Å². The lowest BCUT2D eigenvalue weighted by atomic mass is 9.88. The van der Waals surface area contributed by atoms with Gasteiger partial charge in [-0.1, -0.05) is 66.7 Å². The maximum absolute atomic E-state index is 14.4. The van der Waals surface area contributed by atoms with Gasteiger partial charge in [0.05, 0.1) is 30.1 Å². The fraction of sp³-hybridized carbons (Fsp3) is 0.375. The number of hydrogen-bond acceptors (Lipinski definition) is 12. The summed E-state index contributed by atoms with van der Waals surface area (Å²) >= 11 is 0. The van der Waals surface area contributed by atoms with Gasteiger partial charge in [-0.05, 0) is 101 Å². The van der Waals surface area contributed by atoms with Crippen LogP contribution in [0.15, 0.2) is 84.9 Å². The third kappa shape index (κ3) is 13.4. The highest BCUT2D eigenvalue weighted by molar-refractivity contribution is 6.02. The molecule has 2 N–H and O–H groups in total. The minimum absolute atomic E-state index is 0.00506. The van der Waals surface area contributed by atoms with Gasteiger partial charge >= 0.3 is 30.0 Å². The highest BCUT2D eigenvalue weighted by atomic mass is 16.6. The average Bonchev–Trinajstić information content (AvgIpc) is 3.21. The molecule has 1 atom stereocenters. The number of esters is 4. The van der Waals surface area contributed by atoms with Gasteiger partial charge in [0.15, 0.2) is 11.5 Å². The molecular formula is C48H54N2O12. The number of aryl methyl sites for hydroxylation is 2. The van der Waals surface area contributed by atoms with Crippen LogP contribution in [-0.4, -0.2) is 60.7 Å². The van der Waals surface area contributed by atoms with Crippen molar-refractivity contribution < 1.29 is 57.2 Å². The molecule has 62 heavy (non-hydrogen) atoms. The Kier molecular flexibility index (Phi) is 15.5. The monoisotopic (exact) mass is 850 g/mol. The van der Waals surface area contributed by atoms with Crippen molar-refractivity contribution in [2.75, 3.05) is 19.0 Å². The van der Waals surface area contributed by atoms with Gasteiger partial charge in [0, 0.05) is 24.7 Å². The summed E-state index contributed by atoms with van der Waals surface area (Å²) in [5.41, 5.74) is 1.08. The second-order valence-corrected chi connectivity index (χ2v) is 16.7. The molecule has 14 heteroatoms. The first-order valence-corrected chi connectivity index (χ1v) is 20.4. The molecular weight excluding hydrogens is 797 g/mol. The van der Waals surface area contributed by atoms with Crippen molar-refractivity contribution in [1.82, 2.24) is 5.32 Å².